The molecule has 1 aromatic carbocycles. The van der Waals surface area contributed by atoms with Crippen LogP contribution in [0.3, 0.4) is 0 Å². The van der Waals surface area contributed by atoms with Gasteiger partial charge in [0.2, 0.25) is 0 Å². The molecule has 96 valence electrons. The molecule has 1 unspecified atom stereocenters. The molecule has 2 rings (SSSR count). The first kappa shape index (κ1) is 12.4. The lowest BCUT2D eigenvalue weighted by Crippen LogP contribution is -2.29. The Morgan fingerprint density at radius 3 is 3.00 bits per heavy atom. The lowest BCUT2D eigenvalue weighted by atomic mass is 10.2. The van der Waals surface area contributed by atoms with Crippen LogP contribution in [0.4, 0.5) is 5.69 Å². The summed E-state index contributed by atoms with van der Waals surface area (Å²) >= 11 is 0. The molecular formula is C13H16N2O3. The number of hydrogen-bond donors (Lipinski definition) is 1. The molecule has 0 bridgehead atoms. The Hall–Kier alpha value is -2.04. The predicted molar refractivity (Wildman–Crippen MR) is 68.5 cm³/mol. The molecule has 1 aromatic heterocycles. The van der Waals surface area contributed by atoms with Gasteiger partial charge in [0, 0.05) is 12.6 Å². The Balaban J connectivity index is 2.22. The van der Waals surface area contributed by atoms with Gasteiger partial charge in [-0.2, -0.15) is 0 Å². The van der Waals surface area contributed by atoms with Crippen LogP contribution >= 0.6 is 0 Å². The van der Waals surface area contributed by atoms with Gasteiger partial charge in [-0.15, -0.1) is 0 Å². The highest BCUT2D eigenvalue weighted by molar-refractivity contribution is 5.82. The quantitative estimate of drug-likeness (QED) is 0.842. The smallest absolute Gasteiger partial charge is 0.328 e. The normalized spacial score (nSPS) is 12.4. The standard InChI is InChI=1S/C13H16N2O3/c1-4-10(13(16)17-3)15-9-5-6-12-11(7-9)14-8(2)18-12/h5-7,10,15H,4H2,1-3H3. The molecule has 0 spiro atoms. The molecule has 1 N–H and O–H groups in total. The zero-order chi connectivity index (χ0) is 13.1. The summed E-state index contributed by atoms with van der Waals surface area (Å²) in [6.07, 6.45) is 0.655. The van der Waals surface area contributed by atoms with Crippen LogP contribution in [0.25, 0.3) is 11.1 Å². The average molecular weight is 248 g/mol. The number of aromatic nitrogens is 1. The van der Waals surface area contributed by atoms with Crippen molar-refractivity contribution in [1.29, 1.82) is 0 Å². The molecule has 5 heteroatoms. The number of ether oxygens (including phenoxy) is 1. The van der Waals surface area contributed by atoms with Gasteiger partial charge >= 0.3 is 5.97 Å². The number of nitrogens with zero attached hydrogens (tertiary/aromatic N) is 1. The van der Waals surface area contributed by atoms with Crippen LogP contribution in [0, 0.1) is 6.92 Å². The van der Waals surface area contributed by atoms with Gasteiger partial charge in [-0.05, 0) is 24.6 Å². The van der Waals surface area contributed by atoms with E-state index in [2.05, 4.69) is 10.3 Å². The van der Waals surface area contributed by atoms with Crippen LogP contribution in [0.5, 0.6) is 0 Å². The van der Waals surface area contributed by atoms with Crippen molar-refractivity contribution in [3.8, 4) is 0 Å². The summed E-state index contributed by atoms with van der Waals surface area (Å²) in [6, 6.07) is 5.21. The lowest BCUT2D eigenvalue weighted by molar-refractivity contribution is -0.141. The highest BCUT2D eigenvalue weighted by Crippen LogP contribution is 2.20. The van der Waals surface area contributed by atoms with Crippen molar-refractivity contribution in [2.45, 2.75) is 26.3 Å². The zero-order valence-corrected chi connectivity index (χ0v) is 10.7. The van der Waals surface area contributed by atoms with Crippen LogP contribution < -0.4 is 5.32 Å². The minimum Gasteiger partial charge on any atom is -0.467 e. The minimum atomic E-state index is -0.347. The number of esters is 1. The van der Waals surface area contributed by atoms with E-state index in [0.717, 1.165) is 16.8 Å². The number of aryl methyl sites for hydroxylation is 1. The van der Waals surface area contributed by atoms with Crippen LogP contribution in [-0.2, 0) is 9.53 Å². The van der Waals surface area contributed by atoms with Gasteiger partial charge in [0.25, 0.3) is 0 Å². The van der Waals surface area contributed by atoms with Gasteiger partial charge in [0.1, 0.15) is 11.6 Å². The van der Waals surface area contributed by atoms with Crippen molar-refractivity contribution in [3.05, 3.63) is 24.1 Å². The van der Waals surface area contributed by atoms with Gasteiger partial charge in [-0.3, -0.25) is 0 Å². The fourth-order valence-electron chi connectivity index (χ4n) is 1.80. The van der Waals surface area contributed by atoms with Crippen LogP contribution in [-0.4, -0.2) is 24.1 Å². The number of carbonyl (C=O) groups excluding carboxylic acids is 1. The van der Waals surface area contributed by atoms with E-state index in [1.165, 1.54) is 7.11 Å². The van der Waals surface area contributed by atoms with Gasteiger partial charge in [0.15, 0.2) is 11.5 Å². The van der Waals surface area contributed by atoms with Crippen molar-refractivity contribution >= 4 is 22.8 Å². The monoisotopic (exact) mass is 248 g/mol. The summed E-state index contributed by atoms with van der Waals surface area (Å²) in [6.45, 7) is 3.73. The fraction of sp³-hybridized carbons (Fsp3) is 0.385. The van der Waals surface area contributed by atoms with Gasteiger partial charge in [-0.1, -0.05) is 6.92 Å². The fourth-order valence-corrected chi connectivity index (χ4v) is 1.80. The summed E-state index contributed by atoms with van der Waals surface area (Å²) in [5.41, 5.74) is 2.34. The predicted octanol–water partition coefficient (Wildman–Crippen LogP) is 2.50. The molecule has 0 aliphatic rings. The maximum atomic E-state index is 11.5. The molecule has 0 aliphatic carbocycles. The number of carbonyl (C=O) groups is 1. The largest absolute Gasteiger partial charge is 0.467 e. The molecule has 0 aliphatic heterocycles. The van der Waals surface area contributed by atoms with E-state index in [4.69, 9.17) is 9.15 Å². The van der Waals surface area contributed by atoms with Gasteiger partial charge in [-0.25, -0.2) is 9.78 Å². The summed E-state index contributed by atoms with van der Waals surface area (Å²) in [5.74, 6) is 0.357. The molecule has 0 amide bonds. The minimum absolute atomic E-state index is 0.270. The Morgan fingerprint density at radius 2 is 2.33 bits per heavy atom. The third-order valence-corrected chi connectivity index (χ3v) is 2.73. The first-order chi connectivity index (χ1) is 8.63. The Labute approximate surface area is 105 Å². The molecule has 18 heavy (non-hydrogen) atoms. The number of oxazole rings is 1. The van der Waals surface area contributed by atoms with E-state index in [-0.39, 0.29) is 12.0 Å². The Morgan fingerprint density at radius 1 is 1.56 bits per heavy atom. The van der Waals surface area contributed by atoms with Gasteiger partial charge in [0.05, 0.1) is 7.11 Å². The lowest BCUT2D eigenvalue weighted by Gasteiger charge is -2.15. The SMILES string of the molecule is CCC(Nc1ccc2oc(C)nc2c1)C(=O)OC. The second kappa shape index (κ2) is 5.08. The van der Waals surface area contributed by atoms with Crippen molar-refractivity contribution in [2.24, 2.45) is 0 Å². The summed E-state index contributed by atoms with van der Waals surface area (Å²) in [7, 11) is 1.39. The molecule has 1 atom stereocenters. The Bertz CT molecular complexity index is 562. The molecule has 0 saturated carbocycles. The molecule has 0 radical (unpaired) electrons. The summed E-state index contributed by atoms with van der Waals surface area (Å²) in [4.78, 5) is 15.7. The number of hydrogen-bond acceptors (Lipinski definition) is 5. The molecule has 2 aromatic rings. The number of benzene rings is 1. The van der Waals surface area contributed by atoms with E-state index < -0.39 is 0 Å². The van der Waals surface area contributed by atoms with Crippen molar-refractivity contribution in [1.82, 2.24) is 4.98 Å². The number of fused-ring (bicyclic) bond motifs is 1. The van der Waals surface area contributed by atoms with E-state index in [1.807, 2.05) is 25.1 Å². The first-order valence-electron chi connectivity index (χ1n) is 5.85. The molecule has 0 fully saturated rings. The van der Waals surface area contributed by atoms with Gasteiger partial charge < -0.3 is 14.5 Å². The molecule has 1 heterocycles. The van der Waals surface area contributed by atoms with Crippen molar-refractivity contribution < 1.29 is 13.9 Å². The maximum absolute atomic E-state index is 11.5. The average Bonchev–Trinajstić information content (AvgIpc) is 2.74. The van der Waals surface area contributed by atoms with E-state index in [0.29, 0.717) is 12.3 Å². The van der Waals surface area contributed by atoms with Crippen molar-refractivity contribution in [3.63, 3.8) is 0 Å². The van der Waals surface area contributed by atoms with Crippen molar-refractivity contribution in [2.75, 3.05) is 12.4 Å². The second-order valence-corrected chi connectivity index (χ2v) is 4.04. The first-order valence-corrected chi connectivity index (χ1v) is 5.85. The molecule has 5 nitrogen and oxygen atoms in total. The number of methoxy groups -OCH3 is 1. The molecular weight excluding hydrogens is 232 g/mol. The Kier molecular flexibility index (Phi) is 3.50. The number of nitrogens with one attached hydrogen (secondary N) is 1. The summed E-state index contributed by atoms with van der Waals surface area (Å²) < 4.78 is 10.1. The van der Waals surface area contributed by atoms with Crippen LogP contribution in [0.1, 0.15) is 19.2 Å². The third kappa shape index (κ3) is 2.45. The second-order valence-electron chi connectivity index (χ2n) is 4.04. The van der Waals surface area contributed by atoms with E-state index >= 15 is 0 Å². The number of anilines is 1. The van der Waals surface area contributed by atoms with Crippen LogP contribution in [0.2, 0.25) is 0 Å². The molecule has 0 saturated heterocycles. The van der Waals surface area contributed by atoms with Crippen LogP contribution in [0.15, 0.2) is 22.6 Å². The highest BCUT2D eigenvalue weighted by Gasteiger charge is 2.16. The summed E-state index contributed by atoms with van der Waals surface area (Å²) in [5, 5.41) is 3.12. The third-order valence-electron chi connectivity index (χ3n) is 2.73. The number of rotatable bonds is 4. The topological polar surface area (TPSA) is 64.4 Å². The van der Waals surface area contributed by atoms with E-state index in [9.17, 15) is 4.79 Å². The maximum Gasteiger partial charge on any atom is 0.328 e. The highest BCUT2D eigenvalue weighted by atomic mass is 16.5. The van der Waals surface area contributed by atoms with E-state index in [1.54, 1.807) is 6.92 Å². The zero-order valence-electron chi connectivity index (χ0n) is 10.7.